The minimum absolute atomic E-state index is 0. The van der Waals surface area contributed by atoms with Crippen molar-refractivity contribution in [2.45, 2.75) is 45.3 Å². The summed E-state index contributed by atoms with van der Waals surface area (Å²) in [5, 5.41) is 2.96. The molecule has 0 aliphatic carbocycles. The van der Waals surface area contributed by atoms with Crippen molar-refractivity contribution in [3.8, 4) is 0 Å². The topological polar surface area (TPSA) is 41.6 Å². The smallest absolute Gasteiger partial charge is 0.407 e. The molecule has 1 heterocycles. The summed E-state index contributed by atoms with van der Waals surface area (Å²) in [5.74, 6) is 0. The fraction of sp³-hybridized carbons (Fsp3) is 0.588. The summed E-state index contributed by atoms with van der Waals surface area (Å²) in [5.41, 5.74) is 0.927. The Morgan fingerprint density at radius 2 is 1.91 bits per heavy atom. The van der Waals surface area contributed by atoms with Crippen LogP contribution in [0.2, 0.25) is 0 Å². The molecule has 1 atom stereocenters. The van der Waals surface area contributed by atoms with Crippen molar-refractivity contribution in [3.05, 3.63) is 35.9 Å². The Balaban J connectivity index is 0.00000242. The summed E-state index contributed by atoms with van der Waals surface area (Å²) in [6, 6.07) is 10.7. The van der Waals surface area contributed by atoms with Gasteiger partial charge < -0.3 is 15.0 Å². The van der Waals surface area contributed by atoms with Crippen molar-refractivity contribution < 1.29 is 9.53 Å². The number of amides is 1. The summed E-state index contributed by atoms with van der Waals surface area (Å²) in [6.07, 6.45) is 1.74. The van der Waals surface area contributed by atoms with E-state index in [1.165, 1.54) is 5.56 Å². The maximum Gasteiger partial charge on any atom is 0.407 e. The van der Waals surface area contributed by atoms with Gasteiger partial charge in [-0.15, -0.1) is 24.8 Å². The molecule has 0 bridgehead atoms. The van der Waals surface area contributed by atoms with Crippen LogP contribution in [0, 0.1) is 0 Å². The molecule has 0 unspecified atom stereocenters. The lowest BCUT2D eigenvalue weighted by atomic mass is 10.1. The van der Waals surface area contributed by atoms with Gasteiger partial charge in [-0.3, -0.25) is 0 Å². The Morgan fingerprint density at radius 3 is 2.52 bits per heavy atom. The van der Waals surface area contributed by atoms with Crippen LogP contribution in [0.5, 0.6) is 0 Å². The van der Waals surface area contributed by atoms with Gasteiger partial charge in [-0.05, 0) is 39.2 Å². The third kappa shape index (κ3) is 8.45. The van der Waals surface area contributed by atoms with E-state index in [1.54, 1.807) is 0 Å². The van der Waals surface area contributed by atoms with Gasteiger partial charge in [0.05, 0.1) is 0 Å². The van der Waals surface area contributed by atoms with Gasteiger partial charge >= 0.3 is 6.09 Å². The molecule has 2 rings (SSSR count). The SMILES string of the molecule is CC(C)(C)OC(=O)N[C@@H]1CCN(CCc2ccccc2)C1.Cl.Cl. The van der Waals surface area contributed by atoms with Crippen LogP contribution in [0.4, 0.5) is 4.79 Å². The van der Waals surface area contributed by atoms with Crippen LogP contribution in [0.3, 0.4) is 0 Å². The van der Waals surface area contributed by atoms with E-state index < -0.39 is 5.60 Å². The van der Waals surface area contributed by atoms with Gasteiger partial charge in [0.1, 0.15) is 5.60 Å². The van der Waals surface area contributed by atoms with E-state index in [-0.39, 0.29) is 36.9 Å². The average Bonchev–Trinajstić information content (AvgIpc) is 2.83. The van der Waals surface area contributed by atoms with Crippen LogP contribution in [0.25, 0.3) is 0 Å². The molecule has 6 heteroatoms. The molecule has 0 spiro atoms. The van der Waals surface area contributed by atoms with Gasteiger partial charge in [0.25, 0.3) is 0 Å². The fourth-order valence-electron chi connectivity index (χ4n) is 2.56. The average molecular weight is 363 g/mol. The van der Waals surface area contributed by atoms with Crippen LogP contribution in [0.1, 0.15) is 32.8 Å². The van der Waals surface area contributed by atoms with Crippen LogP contribution in [-0.2, 0) is 11.2 Å². The number of alkyl carbamates (subject to hydrolysis) is 1. The number of nitrogens with one attached hydrogen (secondary N) is 1. The number of carbonyl (C=O) groups excluding carboxylic acids is 1. The lowest BCUT2D eigenvalue weighted by Gasteiger charge is -2.22. The van der Waals surface area contributed by atoms with Gasteiger partial charge in [-0.25, -0.2) is 4.79 Å². The van der Waals surface area contributed by atoms with E-state index in [9.17, 15) is 4.79 Å². The lowest BCUT2D eigenvalue weighted by Crippen LogP contribution is -2.40. The second-order valence-corrected chi connectivity index (χ2v) is 6.67. The zero-order chi connectivity index (χ0) is 15.3. The molecular weight excluding hydrogens is 335 g/mol. The molecule has 1 aliphatic heterocycles. The van der Waals surface area contributed by atoms with Crippen molar-refractivity contribution in [1.29, 1.82) is 0 Å². The Kier molecular flexibility index (Phi) is 9.59. The zero-order valence-corrected chi connectivity index (χ0v) is 15.7. The minimum Gasteiger partial charge on any atom is -0.444 e. The molecule has 1 amide bonds. The molecule has 1 aromatic rings. The normalized spacial score (nSPS) is 17.8. The molecule has 132 valence electrons. The van der Waals surface area contributed by atoms with Gasteiger partial charge in [-0.2, -0.15) is 0 Å². The van der Waals surface area contributed by atoms with E-state index in [2.05, 4.69) is 34.5 Å². The monoisotopic (exact) mass is 362 g/mol. The lowest BCUT2D eigenvalue weighted by molar-refractivity contribution is 0.0506. The second kappa shape index (κ2) is 10.0. The first-order chi connectivity index (χ1) is 9.92. The highest BCUT2D eigenvalue weighted by Gasteiger charge is 2.25. The summed E-state index contributed by atoms with van der Waals surface area (Å²) in [7, 11) is 0. The van der Waals surface area contributed by atoms with Crippen LogP contribution >= 0.6 is 24.8 Å². The van der Waals surface area contributed by atoms with Crippen molar-refractivity contribution in [2.24, 2.45) is 0 Å². The maximum absolute atomic E-state index is 11.7. The van der Waals surface area contributed by atoms with Gasteiger partial charge in [0.15, 0.2) is 0 Å². The predicted molar refractivity (Wildman–Crippen MR) is 98.9 cm³/mol. The molecule has 1 N–H and O–H groups in total. The number of likely N-dealkylation sites (tertiary alicyclic amines) is 1. The molecule has 0 saturated carbocycles. The Hall–Kier alpha value is -0.970. The standard InChI is InChI=1S/C17H26N2O2.2ClH/c1-17(2,3)21-16(20)18-15-10-12-19(13-15)11-9-14-7-5-4-6-8-14;;/h4-8,15H,9-13H2,1-3H3,(H,18,20);2*1H/t15-;;/m1../s1. The molecule has 0 aromatic heterocycles. The first-order valence-electron chi connectivity index (χ1n) is 7.68. The van der Waals surface area contributed by atoms with Crippen molar-refractivity contribution >= 4 is 30.9 Å². The van der Waals surface area contributed by atoms with Gasteiger partial charge in [0.2, 0.25) is 0 Å². The molecule has 1 aromatic carbocycles. The number of hydrogen-bond acceptors (Lipinski definition) is 3. The van der Waals surface area contributed by atoms with Gasteiger partial charge in [0, 0.05) is 25.7 Å². The summed E-state index contributed by atoms with van der Waals surface area (Å²) < 4.78 is 5.30. The van der Waals surface area contributed by atoms with Crippen LogP contribution < -0.4 is 5.32 Å². The van der Waals surface area contributed by atoms with Crippen LogP contribution in [0.15, 0.2) is 30.3 Å². The maximum atomic E-state index is 11.7. The summed E-state index contributed by atoms with van der Waals surface area (Å²) in [4.78, 5) is 14.1. The van der Waals surface area contributed by atoms with Crippen molar-refractivity contribution in [1.82, 2.24) is 10.2 Å². The molecule has 1 fully saturated rings. The molecular formula is C17H28Cl2N2O2. The summed E-state index contributed by atoms with van der Waals surface area (Å²) >= 11 is 0. The van der Waals surface area contributed by atoms with Crippen molar-refractivity contribution in [2.75, 3.05) is 19.6 Å². The number of rotatable bonds is 4. The molecule has 1 aliphatic rings. The number of halogens is 2. The highest BCUT2D eigenvalue weighted by Crippen LogP contribution is 2.12. The zero-order valence-electron chi connectivity index (χ0n) is 14.1. The first-order valence-corrected chi connectivity index (χ1v) is 7.68. The number of benzene rings is 1. The number of carbonyl (C=O) groups is 1. The van der Waals surface area contributed by atoms with E-state index >= 15 is 0 Å². The molecule has 1 saturated heterocycles. The van der Waals surface area contributed by atoms with Crippen LogP contribution in [-0.4, -0.2) is 42.3 Å². The van der Waals surface area contributed by atoms with E-state index in [4.69, 9.17) is 4.74 Å². The fourth-order valence-corrected chi connectivity index (χ4v) is 2.56. The van der Waals surface area contributed by atoms with Gasteiger partial charge in [-0.1, -0.05) is 30.3 Å². The molecule has 4 nitrogen and oxygen atoms in total. The van der Waals surface area contributed by atoms with E-state index in [0.717, 1.165) is 32.5 Å². The van der Waals surface area contributed by atoms with E-state index in [0.29, 0.717) is 0 Å². The summed E-state index contributed by atoms with van der Waals surface area (Å²) in [6.45, 7) is 8.63. The first kappa shape index (κ1) is 22.0. The second-order valence-electron chi connectivity index (χ2n) is 6.67. The highest BCUT2D eigenvalue weighted by molar-refractivity contribution is 5.85. The number of hydrogen-bond donors (Lipinski definition) is 1. The Bertz CT molecular complexity index is 463. The quantitative estimate of drug-likeness (QED) is 0.888. The highest BCUT2D eigenvalue weighted by atomic mass is 35.5. The minimum atomic E-state index is -0.435. The largest absolute Gasteiger partial charge is 0.444 e. The molecule has 0 radical (unpaired) electrons. The van der Waals surface area contributed by atoms with Crippen molar-refractivity contribution in [3.63, 3.8) is 0 Å². The third-order valence-corrected chi connectivity index (χ3v) is 3.55. The van der Waals surface area contributed by atoms with E-state index in [1.807, 2.05) is 26.8 Å². The Morgan fingerprint density at radius 1 is 1.26 bits per heavy atom. The third-order valence-electron chi connectivity index (χ3n) is 3.55. The Labute approximate surface area is 151 Å². The predicted octanol–water partition coefficient (Wildman–Crippen LogP) is 3.67. The number of ether oxygens (including phenoxy) is 1. The molecule has 23 heavy (non-hydrogen) atoms. The number of nitrogens with zero attached hydrogens (tertiary/aromatic N) is 1.